The van der Waals surface area contributed by atoms with Gasteiger partial charge in [0, 0.05) is 16.8 Å². The molecule has 0 saturated carbocycles. The van der Waals surface area contributed by atoms with Crippen LogP contribution >= 0.6 is 27.5 Å². The van der Waals surface area contributed by atoms with Crippen LogP contribution in [0.5, 0.6) is 0 Å². The molecule has 0 spiro atoms. The molecule has 96 valence electrons. The van der Waals surface area contributed by atoms with E-state index in [2.05, 4.69) is 37.4 Å². The number of benzene rings is 1. The standard InChI is InChI=1S/C12H14BrClN4/c1-18-16-12(15-17-18)7-9(8-14)6-10-4-2-3-5-11(10)13/h2-5,9H,6-8H2,1H3. The van der Waals surface area contributed by atoms with Crippen LogP contribution < -0.4 is 0 Å². The number of hydrogen-bond donors (Lipinski definition) is 0. The van der Waals surface area contributed by atoms with Crippen molar-refractivity contribution in [1.29, 1.82) is 0 Å². The second-order valence-electron chi connectivity index (χ2n) is 4.22. The Morgan fingerprint density at radius 1 is 1.33 bits per heavy atom. The van der Waals surface area contributed by atoms with E-state index in [4.69, 9.17) is 11.6 Å². The van der Waals surface area contributed by atoms with Crippen molar-refractivity contribution >= 4 is 27.5 Å². The molecule has 0 aliphatic heterocycles. The highest BCUT2D eigenvalue weighted by atomic mass is 79.9. The molecule has 0 N–H and O–H groups in total. The van der Waals surface area contributed by atoms with Gasteiger partial charge in [-0.15, -0.1) is 21.8 Å². The lowest BCUT2D eigenvalue weighted by atomic mass is 9.98. The predicted octanol–water partition coefficient (Wildman–Crippen LogP) is 2.61. The summed E-state index contributed by atoms with van der Waals surface area (Å²) in [5, 5.41) is 12.0. The first-order valence-corrected chi connectivity index (χ1v) is 7.04. The maximum atomic E-state index is 6.03. The van der Waals surface area contributed by atoms with Crippen LogP contribution in [0.3, 0.4) is 0 Å². The van der Waals surface area contributed by atoms with Crippen molar-refractivity contribution in [3.63, 3.8) is 0 Å². The Labute approximate surface area is 119 Å². The Bertz CT molecular complexity index is 514. The van der Waals surface area contributed by atoms with E-state index in [9.17, 15) is 0 Å². The topological polar surface area (TPSA) is 43.6 Å². The van der Waals surface area contributed by atoms with E-state index in [1.54, 1.807) is 7.05 Å². The highest BCUT2D eigenvalue weighted by Gasteiger charge is 2.14. The van der Waals surface area contributed by atoms with Crippen molar-refractivity contribution in [1.82, 2.24) is 20.2 Å². The van der Waals surface area contributed by atoms with E-state index >= 15 is 0 Å². The van der Waals surface area contributed by atoms with E-state index in [0.717, 1.165) is 23.1 Å². The van der Waals surface area contributed by atoms with Gasteiger partial charge in [-0.1, -0.05) is 34.1 Å². The highest BCUT2D eigenvalue weighted by Crippen LogP contribution is 2.21. The maximum Gasteiger partial charge on any atom is 0.175 e. The summed E-state index contributed by atoms with van der Waals surface area (Å²) in [6, 6.07) is 8.19. The van der Waals surface area contributed by atoms with Crippen molar-refractivity contribution in [2.24, 2.45) is 13.0 Å². The number of tetrazole rings is 1. The summed E-state index contributed by atoms with van der Waals surface area (Å²) in [6.07, 6.45) is 1.65. The third-order valence-electron chi connectivity index (χ3n) is 2.71. The van der Waals surface area contributed by atoms with Crippen LogP contribution in [0.1, 0.15) is 11.4 Å². The normalized spacial score (nSPS) is 12.6. The predicted molar refractivity (Wildman–Crippen MR) is 74.6 cm³/mol. The lowest BCUT2D eigenvalue weighted by molar-refractivity contribution is 0.559. The van der Waals surface area contributed by atoms with Crippen LogP contribution in [-0.2, 0) is 19.9 Å². The molecule has 2 rings (SSSR count). The van der Waals surface area contributed by atoms with Gasteiger partial charge in [0.25, 0.3) is 0 Å². The zero-order valence-corrected chi connectivity index (χ0v) is 12.4. The van der Waals surface area contributed by atoms with Crippen LogP contribution in [0, 0.1) is 5.92 Å². The molecule has 1 atom stereocenters. The first kappa shape index (κ1) is 13.5. The largest absolute Gasteiger partial charge is 0.175 e. The Kier molecular flexibility index (Phi) is 4.72. The third kappa shape index (κ3) is 3.53. The van der Waals surface area contributed by atoms with E-state index in [-0.39, 0.29) is 0 Å². The summed E-state index contributed by atoms with van der Waals surface area (Å²) in [5.41, 5.74) is 1.26. The molecule has 0 amide bonds. The first-order valence-electron chi connectivity index (χ1n) is 5.71. The molecule has 18 heavy (non-hydrogen) atoms. The lowest BCUT2D eigenvalue weighted by Gasteiger charge is -2.12. The fraction of sp³-hybridized carbons (Fsp3) is 0.417. The Balaban J connectivity index is 2.04. The van der Waals surface area contributed by atoms with Crippen molar-refractivity contribution in [2.45, 2.75) is 12.8 Å². The Hall–Kier alpha value is -0.940. The maximum absolute atomic E-state index is 6.03. The quantitative estimate of drug-likeness (QED) is 0.792. The van der Waals surface area contributed by atoms with Gasteiger partial charge in [-0.25, -0.2) is 0 Å². The molecule has 0 bridgehead atoms. The zero-order valence-electron chi connectivity index (χ0n) is 10.1. The highest BCUT2D eigenvalue weighted by molar-refractivity contribution is 9.10. The first-order chi connectivity index (χ1) is 8.69. The van der Waals surface area contributed by atoms with Crippen molar-refractivity contribution in [2.75, 3.05) is 5.88 Å². The van der Waals surface area contributed by atoms with Gasteiger partial charge in [0.2, 0.25) is 0 Å². The van der Waals surface area contributed by atoms with E-state index in [1.165, 1.54) is 10.4 Å². The molecule has 1 heterocycles. The minimum Gasteiger partial charge on any atom is -0.167 e. The summed E-state index contributed by atoms with van der Waals surface area (Å²) < 4.78 is 1.12. The van der Waals surface area contributed by atoms with Crippen molar-refractivity contribution < 1.29 is 0 Å². The molecular formula is C12H14BrClN4. The number of rotatable bonds is 5. The van der Waals surface area contributed by atoms with Gasteiger partial charge in [0.1, 0.15) is 0 Å². The Morgan fingerprint density at radius 2 is 2.11 bits per heavy atom. The number of halogens is 2. The van der Waals surface area contributed by atoms with Crippen molar-refractivity contribution in [3.05, 3.63) is 40.1 Å². The van der Waals surface area contributed by atoms with Crippen LogP contribution in [-0.4, -0.2) is 26.1 Å². The van der Waals surface area contributed by atoms with Crippen molar-refractivity contribution in [3.8, 4) is 0 Å². The monoisotopic (exact) mass is 328 g/mol. The number of alkyl halides is 1. The summed E-state index contributed by atoms with van der Waals surface area (Å²) in [4.78, 5) is 1.47. The molecule has 0 fully saturated rings. The van der Waals surface area contributed by atoms with E-state index in [0.29, 0.717) is 11.8 Å². The minimum absolute atomic E-state index is 0.314. The SMILES string of the molecule is Cn1nnc(CC(CCl)Cc2ccccc2Br)n1. The van der Waals surface area contributed by atoms with Gasteiger partial charge in [0.05, 0.1) is 7.05 Å². The van der Waals surface area contributed by atoms with Gasteiger partial charge >= 0.3 is 0 Å². The van der Waals surface area contributed by atoms with Gasteiger partial charge in [-0.3, -0.25) is 0 Å². The molecule has 0 aliphatic carbocycles. The molecule has 1 aromatic heterocycles. The molecule has 0 radical (unpaired) electrons. The van der Waals surface area contributed by atoms with Gasteiger partial charge in [0.15, 0.2) is 5.82 Å². The van der Waals surface area contributed by atoms with Crippen LogP contribution in [0.25, 0.3) is 0 Å². The average molecular weight is 330 g/mol. The minimum atomic E-state index is 0.314. The van der Waals surface area contributed by atoms with Gasteiger partial charge in [-0.05, 0) is 29.2 Å². The summed E-state index contributed by atoms with van der Waals surface area (Å²) in [6.45, 7) is 0. The molecule has 2 aromatic rings. The zero-order chi connectivity index (χ0) is 13.0. The average Bonchev–Trinajstić information content (AvgIpc) is 2.76. The second kappa shape index (κ2) is 6.29. The molecule has 6 heteroatoms. The van der Waals surface area contributed by atoms with Crippen LogP contribution in [0.4, 0.5) is 0 Å². The summed E-state index contributed by atoms with van der Waals surface area (Å²) in [5.74, 6) is 1.64. The van der Waals surface area contributed by atoms with Crippen LogP contribution in [0.2, 0.25) is 0 Å². The van der Waals surface area contributed by atoms with E-state index < -0.39 is 0 Å². The molecule has 1 aromatic carbocycles. The molecule has 0 saturated heterocycles. The van der Waals surface area contributed by atoms with Gasteiger partial charge < -0.3 is 0 Å². The number of hydrogen-bond acceptors (Lipinski definition) is 3. The molecule has 1 unspecified atom stereocenters. The smallest absolute Gasteiger partial charge is 0.167 e. The number of aromatic nitrogens is 4. The van der Waals surface area contributed by atoms with E-state index in [1.807, 2.05) is 18.2 Å². The summed E-state index contributed by atoms with van der Waals surface area (Å²) in [7, 11) is 1.76. The lowest BCUT2D eigenvalue weighted by Crippen LogP contribution is -2.12. The summed E-state index contributed by atoms with van der Waals surface area (Å²) >= 11 is 9.58. The molecule has 0 aliphatic rings. The number of nitrogens with zero attached hydrogens (tertiary/aromatic N) is 4. The molecule has 4 nitrogen and oxygen atoms in total. The van der Waals surface area contributed by atoms with Gasteiger partial charge in [-0.2, -0.15) is 4.80 Å². The molecular weight excluding hydrogens is 316 g/mol. The Morgan fingerprint density at radius 3 is 2.72 bits per heavy atom. The fourth-order valence-corrected chi connectivity index (χ4v) is 2.48. The van der Waals surface area contributed by atoms with Crippen LogP contribution in [0.15, 0.2) is 28.7 Å². The fourth-order valence-electron chi connectivity index (χ4n) is 1.82. The third-order valence-corrected chi connectivity index (χ3v) is 3.92. The second-order valence-corrected chi connectivity index (χ2v) is 5.38. The number of aryl methyl sites for hydroxylation is 1.